The topological polar surface area (TPSA) is 92.7 Å². The van der Waals surface area contributed by atoms with E-state index in [0.29, 0.717) is 23.4 Å². The fourth-order valence-electron chi connectivity index (χ4n) is 4.03. The summed E-state index contributed by atoms with van der Waals surface area (Å²) in [6.45, 7) is 7.71. The number of amides is 1. The van der Waals surface area contributed by atoms with Crippen molar-refractivity contribution in [3.05, 3.63) is 51.4 Å². The summed E-state index contributed by atoms with van der Waals surface area (Å²) in [4.78, 5) is 38.5. The number of allylic oxidation sites excluding steroid dienone is 2. The van der Waals surface area contributed by atoms with Crippen molar-refractivity contribution in [2.75, 3.05) is 12.4 Å². The molecule has 2 aromatic rings. The van der Waals surface area contributed by atoms with Gasteiger partial charge in [0.25, 0.3) is 0 Å². The van der Waals surface area contributed by atoms with Gasteiger partial charge in [0.1, 0.15) is 10.6 Å². The number of carboxylic acids is 1. The number of aliphatic carboxylic acids is 1. The standard InChI is InChI=1S/C24H27NO5S/c1-12-6-8-16(9-7-12)19-15(4)31-22(20(19)24(29)30-5)25-21(26)17-10-13(2)14(3)11-18(17)23(27)28/h6-9,17-18H,10-11H2,1-5H3,(H,25,26)(H,27,28)/t17-,18-/m1/s1. The van der Waals surface area contributed by atoms with Gasteiger partial charge in [-0.15, -0.1) is 11.3 Å². The van der Waals surface area contributed by atoms with Gasteiger partial charge in [0.15, 0.2) is 0 Å². The summed E-state index contributed by atoms with van der Waals surface area (Å²) >= 11 is 1.29. The van der Waals surface area contributed by atoms with Crippen LogP contribution in [0.2, 0.25) is 0 Å². The second kappa shape index (κ2) is 9.06. The Bertz CT molecular complexity index is 1060. The van der Waals surface area contributed by atoms with Gasteiger partial charge in [0.2, 0.25) is 5.91 Å². The minimum atomic E-state index is -0.983. The van der Waals surface area contributed by atoms with E-state index in [9.17, 15) is 19.5 Å². The highest BCUT2D eigenvalue weighted by Gasteiger charge is 2.38. The van der Waals surface area contributed by atoms with E-state index in [1.165, 1.54) is 18.4 Å². The lowest BCUT2D eigenvalue weighted by Gasteiger charge is -2.29. The van der Waals surface area contributed by atoms with Gasteiger partial charge >= 0.3 is 11.9 Å². The molecule has 2 atom stereocenters. The van der Waals surface area contributed by atoms with Crippen LogP contribution in [0.15, 0.2) is 35.4 Å². The van der Waals surface area contributed by atoms with Crippen LogP contribution in [0, 0.1) is 25.7 Å². The Hall–Kier alpha value is -2.93. The third kappa shape index (κ3) is 4.56. The molecular weight excluding hydrogens is 414 g/mol. The van der Waals surface area contributed by atoms with Crippen molar-refractivity contribution in [2.24, 2.45) is 11.8 Å². The first-order valence-electron chi connectivity index (χ1n) is 10.1. The van der Waals surface area contributed by atoms with Crippen molar-refractivity contribution < 1.29 is 24.2 Å². The van der Waals surface area contributed by atoms with E-state index in [1.54, 1.807) is 0 Å². The molecule has 0 aliphatic heterocycles. The minimum absolute atomic E-state index is 0.299. The highest BCUT2D eigenvalue weighted by atomic mass is 32.1. The zero-order valence-corrected chi connectivity index (χ0v) is 19.2. The van der Waals surface area contributed by atoms with E-state index in [0.717, 1.165) is 32.7 Å². The number of methoxy groups -OCH3 is 1. The highest BCUT2D eigenvalue weighted by molar-refractivity contribution is 7.17. The van der Waals surface area contributed by atoms with Crippen LogP contribution < -0.4 is 5.32 Å². The Labute approximate surface area is 185 Å². The van der Waals surface area contributed by atoms with E-state index in [1.807, 2.05) is 52.0 Å². The molecule has 0 unspecified atom stereocenters. The third-order valence-electron chi connectivity index (χ3n) is 5.97. The molecule has 7 heteroatoms. The first-order valence-corrected chi connectivity index (χ1v) is 10.9. The second-order valence-electron chi connectivity index (χ2n) is 8.10. The average Bonchev–Trinajstić information content (AvgIpc) is 3.05. The van der Waals surface area contributed by atoms with Crippen LogP contribution in [0.5, 0.6) is 0 Å². The highest BCUT2D eigenvalue weighted by Crippen LogP contribution is 2.42. The van der Waals surface area contributed by atoms with Crippen molar-refractivity contribution in [1.82, 2.24) is 0 Å². The number of hydrogen-bond acceptors (Lipinski definition) is 5. The van der Waals surface area contributed by atoms with Crippen LogP contribution in [0.1, 0.15) is 47.5 Å². The van der Waals surface area contributed by atoms with Gasteiger partial charge in [0, 0.05) is 10.4 Å². The first-order chi connectivity index (χ1) is 14.6. The Kier molecular flexibility index (Phi) is 6.65. The molecule has 3 rings (SSSR count). The Morgan fingerprint density at radius 2 is 1.58 bits per heavy atom. The van der Waals surface area contributed by atoms with Gasteiger partial charge in [-0.25, -0.2) is 4.79 Å². The molecule has 1 aromatic heterocycles. The quantitative estimate of drug-likeness (QED) is 0.491. The summed E-state index contributed by atoms with van der Waals surface area (Å²) in [5.41, 5.74) is 5.02. The minimum Gasteiger partial charge on any atom is -0.481 e. The number of carbonyl (C=O) groups excluding carboxylic acids is 2. The Morgan fingerprint density at radius 3 is 2.13 bits per heavy atom. The molecule has 164 valence electrons. The van der Waals surface area contributed by atoms with Crippen molar-refractivity contribution in [3.63, 3.8) is 0 Å². The molecule has 1 aliphatic rings. The average molecular weight is 442 g/mol. The molecule has 0 radical (unpaired) electrons. The summed E-state index contributed by atoms with van der Waals surface area (Å²) in [6.07, 6.45) is 0.735. The maximum Gasteiger partial charge on any atom is 0.341 e. The fourth-order valence-corrected chi connectivity index (χ4v) is 5.10. The van der Waals surface area contributed by atoms with E-state index in [-0.39, 0.29) is 5.91 Å². The number of anilines is 1. The molecule has 0 saturated carbocycles. The van der Waals surface area contributed by atoms with Crippen LogP contribution in [0.25, 0.3) is 11.1 Å². The summed E-state index contributed by atoms with van der Waals surface area (Å²) in [6, 6.07) is 7.78. The largest absolute Gasteiger partial charge is 0.481 e. The predicted molar refractivity (Wildman–Crippen MR) is 121 cm³/mol. The molecule has 1 amide bonds. The first kappa shape index (κ1) is 22.7. The SMILES string of the molecule is COC(=O)c1c(NC(=O)[C@@H]2CC(C)=C(C)C[C@H]2C(=O)O)sc(C)c1-c1ccc(C)cc1. The van der Waals surface area contributed by atoms with Gasteiger partial charge < -0.3 is 15.2 Å². The van der Waals surface area contributed by atoms with E-state index >= 15 is 0 Å². The van der Waals surface area contributed by atoms with Gasteiger partial charge in [-0.1, -0.05) is 41.0 Å². The summed E-state index contributed by atoms with van der Waals surface area (Å²) in [7, 11) is 1.30. The van der Waals surface area contributed by atoms with Crippen LogP contribution >= 0.6 is 11.3 Å². The number of carbonyl (C=O) groups is 3. The number of thiophene rings is 1. The molecular formula is C24H27NO5S. The molecule has 0 spiro atoms. The summed E-state index contributed by atoms with van der Waals surface area (Å²) in [5.74, 6) is -3.40. The Morgan fingerprint density at radius 1 is 1.00 bits per heavy atom. The number of nitrogens with one attached hydrogen (secondary N) is 1. The number of benzene rings is 1. The Balaban J connectivity index is 2.00. The van der Waals surface area contributed by atoms with Gasteiger partial charge in [-0.3, -0.25) is 9.59 Å². The van der Waals surface area contributed by atoms with Crippen LogP contribution in [0.3, 0.4) is 0 Å². The number of hydrogen-bond donors (Lipinski definition) is 2. The lowest BCUT2D eigenvalue weighted by atomic mass is 9.76. The maximum absolute atomic E-state index is 13.2. The monoisotopic (exact) mass is 441 g/mol. The third-order valence-corrected chi connectivity index (χ3v) is 6.99. The number of aryl methyl sites for hydroxylation is 2. The van der Waals surface area contributed by atoms with Crippen LogP contribution in [-0.4, -0.2) is 30.1 Å². The lowest BCUT2D eigenvalue weighted by molar-refractivity contribution is -0.146. The molecule has 6 nitrogen and oxygen atoms in total. The summed E-state index contributed by atoms with van der Waals surface area (Å²) in [5, 5.41) is 12.9. The second-order valence-corrected chi connectivity index (χ2v) is 9.33. The molecule has 31 heavy (non-hydrogen) atoms. The van der Waals surface area contributed by atoms with Crippen molar-refractivity contribution >= 4 is 34.2 Å². The summed E-state index contributed by atoms with van der Waals surface area (Å²) < 4.78 is 5.01. The fraction of sp³-hybridized carbons (Fsp3) is 0.375. The van der Waals surface area contributed by atoms with Crippen LogP contribution in [0.4, 0.5) is 5.00 Å². The number of esters is 1. The molecule has 0 fully saturated rings. The van der Waals surface area contributed by atoms with E-state index in [4.69, 9.17) is 4.74 Å². The lowest BCUT2D eigenvalue weighted by Crippen LogP contribution is -2.36. The zero-order valence-electron chi connectivity index (χ0n) is 18.4. The smallest absolute Gasteiger partial charge is 0.341 e. The van der Waals surface area contributed by atoms with Crippen molar-refractivity contribution in [1.29, 1.82) is 0 Å². The van der Waals surface area contributed by atoms with Crippen molar-refractivity contribution in [2.45, 2.75) is 40.5 Å². The number of ether oxygens (including phenoxy) is 1. The van der Waals surface area contributed by atoms with E-state index < -0.39 is 23.8 Å². The molecule has 0 saturated heterocycles. The van der Waals surface area contributed by atoms with Gasteiger partial charge in [-0.05, 0) is 46.1 Å². The van der Waals surface area contributed by atoms with Gasteiger partial charge in [-0.2, -0.15) is 0 Å². The van der Waals surface area contributed by atoms with Gasteiger partial charge in [0.05, 0.1) is 18.9 Å². The van der Waals surface area contributed by atoms with E-state index in [2.05, 4.69) is 5.32 Å². The number of carboxylic acid groups (broad SMARTS) is 1. The van der Waals surface area contributed by atoms with Crippen LogP contribution in [-0.2, 0) is 14.3 Å². The molecule has 1 heterocycles. The maximum atomic E-state index is 13.2. The molecule has 2 N–H and O–H groups in total. The molecule has 1 aliphatic carbocycles. The normalized spacial score (nSPS) is 18.6. The number of rotatable bonds is 5. The zero-order chi connectivity index (χ0) is 22.9. The molecule has 0 bridgehead atoms. The van der Waals surface area contributed by atoms with Crippen molar-refractivity contribution in [3.8, 4) is 11.1 Å². The predicted octanol–water partition coefficient (Wildman–Crippen LogP) is 5.20. The molecule has 1 aromatic carbocycles.